The van der Waals surface area contributed by atoms with Crippen molar-refractivity contribution in [2.45, 2.75) is 45.7 Å². The molecule has 0 saturated carbocycles. The average Bonchev–Trinajstić information content (AvgIpc) is 3.21. The molecule has 1 saturated heterocycles. The van der Waals surface area contributed by atoms with Gasteiger partial charge in [0.2, 0.25) is 5.91 Å². The van der Waals surface area contributed by atoms with Crippen LogP contribution in [0.1, 0.15) is 33.6 Å². The molecule has 138 valence electrons. The maximum atomic E-state index is 13.1. The van der Waals surface area contributed by atoms with Gasteiger partial charge >= 0.3 is 0 Å². The van der Waals surface area contributed by atoms with E-state index in [4.69, 9.17) is 0 Å². The molecular formula is C20H25N3O3. The highest BCUT2D eigenvalue weighted by molar-refractivity contribution is 6.03. The van der Waals surface area contributed by atoms with Crippen molar-refractivity contribution in [1.29, 1.82) is 5.26 Å². The zero-order chi connectivity index (χ0) is 19.4. The van der Waals surface area contributed by atoms with Crippen molar-refractivity contribution in [2.75, 3.05) is 13.1 Å². The van der Waals surface area contributed by atoms with E-state index in [1.807, 2.05) is 13.8 Å². The van der Waals surface area contributed by atoms with Crippen LogP contribution in [0.3, 0.4) is 0 Å². The first-order chi connectivity index (χ1) is 12.4. The monoisotopic (exact) mass is 355 g/mol. The summed E-state index contributed by atoms with van der Waals surface area (Å²) in [4.78, 5) is 40.4. The van der Waals surface area contributed by atoms with Gasteiger partial charge in [-0.15, -0.1) is 0 Å². The Bertz CT molecular complexity index is 727. The third-order valence-corrected chi connectivity index (χ3v) is 5.04. The second-order valence-electron chi connectivity index (χ2n) is 6.91. The Balaban J connectivity index is 2.37. The lowest BCUT2D eigenvalue weighted by molar-refractivity contribution is -0.146. The molecule has 0 radical (unpaired) electrons. The second-order valence-corrected chi connectivity index (χ2v) is 6.91. The predicted molar refractivity (Wildman–Crippen MR) is 97.7 cm³/mol. The van der Waals surface area contributed by atoms with Crippen LogP contribution in [0, 0.1) is 17.2 Å². The highest BCUT2D eigenvalue weighted by Gasteiger charge is 2.43. The van der Waals surface area contributed by atoms with Gasteiger partial charge in [-0.3, -0.25) is 9.59 Å². The molecule has 0 aromatic carbocycles. The topological polar surface area (TPSA) is 81.5 Å². The number of hydrogen-bond donors (Lipinski definition) is 0. The summed E-state index contributed by atoms with van der Waals surface area (Å²) in [5, 5.41) is 9.34. The van der Waals surface area contributed by atoms with Crippen LogP contribution in [0.4, 0.5) is 0 Å². The SMILES string of the molecule is C=CC1=C(/C(C#N)=C\C)CN(C(C(=O)N2CCCC2C=O)C(C)C)C1=O. The molecule has 26 heavy (non-hydrogen) atoms. The molecule has 0 spiro atoms. The van der Waals surface area contributed by atoms with Crippen molar-refractivity contribution >= 4 is 18.1 Å². The van der Waals surface area contributed by atoms with E-state index in [1.54, 1.807) is 17.9 Å². The van der Waals surface area contributed by atoms with Crippen molar-refractivity contribution in [2.24, 2.45) is 5.92 Å². The van der Waals surface area contributed by atoms with E-state index in [9.17, 15) is 19.6 Å². The summed E-state index contributed by atoms with van der Waals surface area (Å²) < 4.78 is 0. The van der Waals surface area contributed by atoms with Crippen LogP contribution in [0.5, 0.6) is 0 Å². The number of nitrogens with zero attached hydrogens (tertiary/aromatic N) is 3. The highest BCUT2D eigenvalue weighted by Crippen LogP contribution is 2.31. The van der Waals surface area contributed by atoms with Crippen molar-refractivity contribution in [3.05, 3.63) is 35.5 Å². The summed E-state index contributed by atoms with van der Waals surface area (Å²) in [5.41, 5.74) is 1.38. The lowest BCUT2D eigenvalue weighted by Gasteiger charge is -2.34. The first-order valence-electron chi connectivity index (χ1n) is 8.90. The Labute approximate surface area is 154 Å². The summed E-state index contributed by atoms with van der Waals surface area (Å²) in [7, 11) is 0. The van der Waals surface area contributed by atoms with Gasteiger partial charge in [0.25, 0.3) is 5.91 Å². The molecule has 1 fully saturated rings. The fourth-order valence-corrected chi connectivity index (χ4v) is 3.74. The number of allylic oxidation sites excluding steroid dienone is 1. The van der Waals surface area contributed by atoms with Crippen LogP contribution in [0.15, 0.2) is 35.5 Å². The highest BCUT2D eigenvalue weighted by atomic mass is 16.2. The van der Waals surface area contributed by atoms with E-state index in [1.165, 1.54) is 11.0 Å². The van der Waals surface area contributed by atoms with Gasteiger partial charge in [-0.25, -0.2) is 0 Å². The minimum atomic E-state index is -0.674. The molecule has 6 heteroatoms. The molecule has 2 aliphatic heterocycles. The largest absolute Gasteiger partial charge is 0.331 e. The summed E-state index contributed by atoms with van der Waals surface area (Å²) in [6.45, 7) is 9.93. The molecule has 2 atom stereocenters. The van der Waals surface area contributed by atoms with Crippen LogP contribution in [0.25, 0.3) is 0 Å². The van der Waals surface area contributed by atoms with Gasteiger partial charge in [0.15, 0.2) is 0 Å². The number of carbonyl (C=O) groups excluding carboxylic acids is 3. The molecule has 6 nitrogen and oxygen atoms in total. The summed E-state index contributed by atoms with van der Waals surface area (Å²) in [6.07, 6.45) is 5.36. The molecule has 2 unspecified atom stereocenters. The molecule has 2 heterocycles. The van der Waals surface area contributed by atoms with Crippen LogP contribution >= 0.6 is 0 Å². The van der Waals surface area contributed by atoms with Crippen LogP contribution < -0.4 is 0 Å². The Morgan fingerprint density at radius 1 is 1.42 bits per heavy atom. The van der Waals surface area contributed by atoms with Gasteiger partial charge in [0.1, 0.15) is 12.3 Å². The molecule has 0 bridgehead atoms. The van der Waals surface area contributed by atoms with Crippen molar-refractivity contribution in [3.8, 4) is 6.07 Å². The lowest BCUT2D eigenvalue weighted by Crippen LogP contribution is -2.53. The summed E-state index contributed by atoms with van der Waals surface area (Å²) in [5.74, 6) is -0.619. The molecule has 0 aromatic heterocycles. The van der Waals surface area contributed by atoms with E-state index in [0.29, 0.717) is 29.7 Å². The molecule has 2 aliphatic rings. The Hall–Kier alpha value is -2.68. The van der Waals surface area contributed by atoms with E-state index in [-0.39, 0.29) is 24.3 Å². The minimum absolute atomic E-state index is 0.124. The predicted octanol–water partition coefficient (Wildman–Crippen LogP) is 2.00. The molecule has 2 rings (SSSR count). The standard InChI is InChI=1S/C20H25N3O3/c1-5-14(10-21)17-11-23(19(25)16(17)6-2)18(13(3)4)20(26)22-9-7-8-15(22)12-24/h5-6,12-13,15,18H,2,7-9,11H2,1,3-4H3/b14-5-. The number of carbonyl (C=O) groups is 3. The number of amides is 2. The van der Waals surface area contributed by atoms with Gasteiger partial charge in [-0.05, 0) is 25.7 Å². The van der Waals surface area contributed by atoms with Crippen LogP contribution in [0.2, 0.25) is 0 Å². The van der Waals surface area contributed by atoms with E-state index in [0.717, 1.165) is 12.7 Å². The second kappa shape index (κ2) is 8.13. The maximum Gasteiger partial charge on any atom is 0.255 e. The third kappa shape index (κ3) is 3.34. The quantitative estimate of drug-likeness (QED) is 0.539. The van der Waals surface area contributed by atoms with E-state index in [2.05, 4.69) is 12.6 Å². The van der Waals surface area contributed by atoms with Crippen molar-refractivity contribution in [1.82, 2.24) is 9.80 Å². The maximum absolute atomic E-state index is 13.1. The van der Waals surface area contributed by atoms with E-state index < -0.39 is 12.1 Å². The normalized spacial score (nSPS) is 22.0. The zero-order valence-corrected chi connectivity index (χ0v) is 15.6. The Morgan fingerprint density at radius 3 is 2.62 bits per heavy atom. The average molecular weight is 355 g/mol. The molecule has 0 N–H and O–H groups in total. The van der Waals surface area contributed by atoms with E-state index >= 15 is 0 Å². The number of likely N-dealkylation sites (tertiary alicyclic amines) is 1. The lowest BCUT2D eigenvalue weighted by atomic mass is 10.00. The third-order valence-electron chi connectivity index (χ3n) is 5.04. The molecule has 0 aromatic rings. The van der Waals surface area contributed by atoms with Crippen LogP contribution in [-0.4, -0.2) is 53.1 Å². The number of nitriles is 1. The van der Waals surface area contributed by atoms with Gasteiger partial charge in [-0.1, -0.05) is 32.6 Å². The Kier molecular flexibility index (Phi) is 6.14. The fraction of sp³-hybridized carbons (Fsp3) is 0.500. The first kappa shape index (κ1) is 19.6. The van der Waals surface area contributed by atoms with Crippen molar-refractivity contribution < 1.29 is 14.4 Å². The number of rotatable bonds is 6. The zero-order valence-electron chi connectivity index (χ0n) is 15.6. The number of aldehydes is 1. The molecule has 2 amide bonds. The Morgan fingerprint density at radius 2 is 2.12 bits per heavy atom. The minimum Gasteiger partial charge on any atom is -0.331 e. The molecular weight excluding hydrogens is 330 g/mol. The summed E-state index contributed by atoms with van der Waals surface area (Å²) in [6, 6.07) is 1.01. The first-order valence-corrected chi connectivity index (χ1v) is 8.90. The van der Waals surface area contributed by atoms with Gasteiger partial charge in [-0.2, -0.15) is 5.26 Å². The van der Waals surface area contributed by atoms with Gasteiger partial charge in [0, 0.05) is 24.2 Å². The number of hydrogen-bond acceptors (Lipinski definition) is 4. The van der Waals surface area contributed by atoms with Gasteiger partial charge in [0.05, 0.1) is 17.7 Å². The fourth-order valence-electron chi connectivity index (χ4n) is 3.74. The molecule has 0 aliphatic carbocycles. The van der Waals surface area contributed by atoms with Crippen LogP contribution in [-0.2, 0) is 14.4 Å². The van der Waals surface area contributed by atoms with Crippen molar-refractivity contribution in [3.63, 3.8) is 0 Å². The smallest absolute Gasteiger partial charge is 0.255 e. The van der Waals surface area contributed by atoms with Gasteiger partial charge < -0.3 is 14.6 Å². The summed E-state index contributed by atoms with van der Waals surface area (Å²) >= 11 is 0.